The molecule has 2 fully saturated rings. The van der Waals surface area contributed by atoms with Gasteiger partial charge in [0.1, 0.15) is 16.1 Å². The van der Waals surface area contributed by atoms with Crippen molar-refractivity contribution in [3.8, 4) is 11.5 Å². The first-order chi connectivity index (χ1) is 22.0. The highest BCUT2D eigenvalue weighted by Crippen LogP contribution is 2.38. The molecule has 16 heteroatoms. The number of nitrogens with zero attached hydrogens (tertiary/aromatic N) is 8. The molecule has 0 spiro atoms. The molecule has 0 bridgehead atoms. The van der Waals surface area contributed by atoms with Gasteiger partial charge in [0.05, 0.1) is 43.6 Å². The van der Waals surface area contributed by atoms with Gasteiger partial charge in [0, 0.05) is 45.3 Å². The summed E-state index contributed by atoms with van der Waals surface area (Å²) in [6.07, 6.45) is 3.37. The highest BCUT2D eigenvalue weighted by atomic mass is 35.5. The van der Waals surface area contributed by atoms with Crippen LogP contribution in [0.4, 0.5) is 30.6 Å². The minimum Gasteiger partial charge on any atom is -0.450 e. The minimum atomic E-state index is -4.53. The molecule has 2 aliphatic rings. The van der Waals surface area contributed by atoms with Crippen LogP contribution in [0.25, 0.3) is 16.7 Å². The fourth-order valence-electron chi connectivity index (χ4n) is 5.40. The molecule has 1 aliphatic heterocycles. The maximum absolute atomic E-state index is 13.8. The molecule has 46 heavy (non-hydrogen) atoms. The van der Waals surface area contributed by atoms with Crippen LogP contribution in [-0.2, 0) is 29.3 Å². The number of ether oxygens (including phenoxy) is 2. The molecule has 7 rings (SSSR count). The zero-order valence-electron chi connectivity index (χ0n) is 24.9. The number of halogens is 4. The summed E-state index contributed by atoms with van der Waals surface area (Å²) in [6, 6.07) is 3.90. The van der Waals surface area contributed by atoms with Crippen LogP contribution in [0.3, 0.4) is 0 Å². The summed E-state index contributed by atoms with van der Waals surface area (Å²) in [5.41, 5.74) is 1.21. The SMILES string of the molecule is CN(C(=O)C1CC1)c1cn2ncc(Oc3cnc4nc(Nc5cc(CN6CCOCC6)cc(C(F)(F)F)c5)n(C)c4c3Cl)c2cn1. The fourth-order valence-corrected chi connectivity index (χ4v) is 5.70. The molecular formula is C30H29ClF3N9O3. The van der Waals surface area contributed by atoms with E-state index in [0.29, 0.717) is 61.0 Å². The average Bonchev–Trinajstić information content (AvgIpc) is 3.74. The quantitative estimate of drug-likeness (QED) is 0.234. The number of morpholine rings is 1. The number of amides is 1. The third-order valence-electron chi connectivity index (χ3n) is 8.07. The number of aromatic nitrogens is 6. The van der Waals surface area contributed by atoms with E-state index in [4.69, 9.17) is 21.1 Å². The zero-order chi connectivity index (χ0) is 32.2. The third-order valence-corrected chi connectivity index (χ3v) is 8.43. The van der Waals surface area contributed by atoms with E-state index in [1.165, 1.54) is 23.4 Å². The maximum Gasteiger partial charge on any atom is 0.416 e. The van der Waals surface area contributed by atoms with Crippen molar-refractivity contribution < 1.29 is 27.4 Å². The fraction of sp³-hybridized carbons (Fsp3) is 0.367. The van der Waals surface area contributed by atoms with E-state index >= 15 is 0 Å². The average molecular weight is 656 g/mol. The van der Waals surface area contributed by atoms with E-state index in [1.54, 1.807) is 41.6 Å². The Morgan fingerprint density at radius 2 is 1.91 bits per heavy atom. The predicted octanol–water partition coefficient (Wildman–Crippen LogP) is 5.42. The van der Waals surface area contributed by atoms with E-state index in [2.05, 4.69) is 30.3 Å². The second-order valence-corrected chi connectivity index (χ2v) is 11.8. The van der Waals surface area contributed by atoms with Gasteiger partial charge in [-0.2, -0.15) is 23.3 Å². The topological polar surface area (TPSA) is 115 Å². The van der Waals surface area contributed by atoms with E-state index in [-0.39, 0.29) is 39.9 Å². The molecule has 1 saturated heterocycles. The summed E-state index contributed by atoms with van der Waals surface area (Å²) >= 11 is 6.78. The van der Waals surface area contributed by atoms with Crippen molar-refractivity contribution in [2.45, 2.75) is 25.6 Å². The van der Waals surface area contributed by atoms with Crippen LogP contribution in [0.5, 0.6) is 11.5 Å². The third kappa shape index (κ3) is 5.92. The van der Waals surface area contributed by atoms with Crippen molar-refractivity contribution >= 4 is 51.6 Å². The normalized spacial score (nSPS) is 15.9. The Morgan fingerprint density at radius 3 is 2.65 bits per heavy atom. The highest BCUT2D eigenvalue weighted by molar-refractivity contribution is 6.36. The van der Waals surface area contributed by atoms with Crippen molar-refractivity contribution in [3.63, 3.8) is 0 Å². The highest BCUT2D eigenvalue weighted by Gasteiger charge is 2.33. The molecule has 0 radical (unpaired) electrons. The number of hydrogen-bond donors (Lipinski definition) is 1. The number of aryl methyl sites for hydroxylation is 1. The van der Waals surface area contributed by atoms with Crippen molar-refractivity contribution in [2.24, 2.45) is 13.0 Å². The first-order valence-corrected chi connectivity index (χ1v) is 15.0. The van der Waals surface area contributed by atoms with Crippen LogP contribution in [0, 0.1) is 5.92 Å². The summed E-state index contributed by atoms with van der Waals surface area (Å²) in [4.78, 5) is 29.3. The van der Waals surface area contributed by atoms with E-state index in [9.17, 15) is 18.0 Å². The van der Waals surface area contributed by atoms with Gasteiger partial charge in [-0.3, -0.25) is 14.6 Å². The Hall–Kier alpha value is -4.47. The number of nitrogens with one attached hydrogen (secondary N) is 1. The first kappa shape index (κ1) is 30.2. The van der Waals surface area contributed by atoms with Gasteiger partial charge in [-0.15, -0.1) is 0 Å². The van der Waals surface area contributed by atoms with Crippen LogP contribution in [0.15, 0.2) is 43.0 Å². The van der Waals surface area contributed by atoms with Crippen LogP contribution < -0.4 is 15.0 Å². The molecule has 1 aromatic carbocycles. The van der Waals surface area contributed by atoms with Crippen molar-refractivity contribution in [1.29, 1.82) is 0 Å². The number of carbonyl (C=O) groups excluding carboxylic acids is 1. The monoisotopic (exact) mass is 655 g/mol. The summed E-state index contributed by atoms with van der Waals surface area (Å²) in [5, 5.41) is 7.56. The molecule has 1 aliphatic carbocycles. The van der Waals surface area contributed by atoms with Gasteiger partial charge in [0.15, 0.2) is 23.0 Å². The Balaban J connectivity index is 1.15. The molecule has 1 amide bonds. The Labute approximate surface area is 265 Å². The molecule has 1 saturated carbocycles. The summed E-state index contributed by atoms with van der Waals surface area (Å²) < 4.78 is 56.1. The molecule has 0 atom stereocenters. The zero-order valence-corrected chi connectivity index (χ0v) is 25.6. The van der Waals surface area contributed by atoms with Gasteiger partial charge in [0.2, 0.25) is 11.9 Å². The summed E-state index contributed by atoms with van der Waals surface area (Å²) in [7, 11) is 3.36. The smallest absolute Gasteiger partial charge is 0.416 e. The largest absolute Gasteiger partial charge is 0.450 e. The standard InChI is InChI=1S/C30H29ClF3N9O3/c1-40(28(44)18-3-4-18)24-16-43-21(12-35-24)22(14-37-43)46-23-13-36-27-26(25(23)31)41(2)29(39-27)38-20-10-17(9-19(11-20)30(32,33)34)15-42-5-7-45-8-6-42/h9-14,16,18H,3-8,15H2,1-2H3,(H,36,38,39). The van der Waals surface area contributed by atoms with Crippen LogP contribution in [0.2, 0.25) is 5.02 Å². The molecule has 0 unspecified atom stereocenters. The van der Waals surface area contributed by atoms with Crippen molar-refractivity contribution in [3.05, 3.63) is 59.1 Å². The van der Waals surface area contributed by atoms with Crippen molar-refractivity contribution in [2.75, 3.05) is 43.6 Å². The van der Waals surface area contributed by atoms with Crippen LogP contribution in [0.1, 0.15) is 24.0 Å². The Kier molecular flexibility index (Phi) is 7.69. The molecular weight excluding hydrogens is 627 g/mol. The summed E-state index contributed by atoms with van der Waals surface area (Å²) in [6.45, 7) is 2.72. The van der Waals surface area contributed by atoms with E-state index < -0.39 is 11.7 Å². The van der Waals surface area contributed by atoms with E-state index in [1.807, 2.05) is 0 Å². The number of rotatable bonds is 8. The minimum absolute atomic E-state index is 0.0214. The number of fused-ring (bicyclic) bond motifs is 2. The summed E-state index contributed by atoms with van der Waals surface area (Å²) in [5.74, 6) is 1.35. The number of alkyl halides is 3. The second-order valence-electron chi connectivity index (χ2n) is 11.4. The Bertz CT molecular complexity index is 1950. The van der Waals surface area contributed by atoms with E-state index in [0.717, 1.165) is 18.9 Å². The van der Waals surface area contributed by atoms with Crippen LogP contribution in [-0.4, -0.2) is 73.3 Å². The van der Waals surface area contributed by atoms with Gasteiger partial charge in [-0.05, 0) is 36.6 Å². The van der Waals surface area contributed by atoms with Gasteiger partial charge >= 0.3 is 6.18 Å². The number of anilines is 3. The predicted molar refractivity (Wildman–Crippen MR) is 164 cm³/mol. The molecule has 4 aromatic heterocycles. The lowest BCUT2D eigenvalue weighted by atomic mass is 10.1. The molecule has 5 heterocycles. The number of benzene rings is 1. The maximum atomic E-state index is 13.8. The molecule has 12 nitrogen and oxygen atoms in total. The molecule has 1 N–H and O–H groups in total. The molecule has 240 valence electrons. The number of carbonyl (C=O) groups is 1. The number of imidazole rings is 1. The van der Waals surface area contributed by atoms with Gasteiger partial charge < -0.3 is 19.4 Å². The van der Waals surface area contributed by atoms with Crippen molar-refractivity contribution in [1.82, 2.24) is 34.0 Å². The lowest BCUT2D eigenvalue weighted by Crippen LogP contribution is -2.35. The Morgan fingerprint density at radius 1 is 1.13 bits per heavy atom. The van der Waals surface area contributed by atoms with Crippen LogP contribution >= 0.6 is 11.6 Å². The number of hydrogen-bond acceptors (Lipinski definition) is 9. The first-order valence-electron chi connectivity index (χ1n) is 14.6. The lowest BCUT2D eigenvalue weighted by Gasteiger charge is -2.27. The molecule has 5 aromatic rings. The second kappa shape index (κ2) is 11.7. The van der Waals surface area contributed by atoms with Gasteiger partial charge in [-0.1, -0.05) is 11.6 Å². The lowest BCUT2D eigenvalue weighted by molar-refractivity contribution is -0.137. The number of pyridine rings is 1. The van der Waals surface area contributed by atoms with Gasteiger partial charge in [0.25, 0.3) is 0 Å². The van der Waals surface area contributed by atoms with Gasteiger partial charge in [-0.25, -0.2) is 14.5 Å².